The molecule has 5 nitrogen and oxygen atoms in total. The van der Waals surface area contributed by atoms with Gasteiger partial charge in [0.1, 0.15) is 15.5 Å². The molecule has 24 heavy (non-hydrogen) atoms. The lowest BCUT2D eigenvalue weighted by Gasteiger charge is -2.14. The summed E-state index contributed by atoms with van der Waals surface area (Å²) in [5, 5.41) is 3.74. The van der Waals surface area contributed by atoms with Crippen molar-refractivity contribution >= 4 is 39.0 Å². The lowest BCUT2D eigenvalue weighted by Crippen LogP contribution is -2.13. The monoisotopic (exact) mass is 338 g/mol. The van der Waals surface area contributed by atoms with Crippen LogP contribution in [0, 0.1) is 6.92 Å². The van der Waals surface area contributed by atoms with Crippen molar-refractivity contribution in [3.05, 3.63) is 46.1 Å². The molecule has 0 saturated carbocycles. The SMILES string of the molecule is Cc1cccnc1NC(=O)c1sc2nc3c(cc2c1N)CCCC3. The average molecular weight is 338 g/mol. The Hall–Kier alpha value is -2.47. The van der Waals surface area contributed by atoms with Crippen LogP contribution >= 0.6 is 11.3 Å². The number of rotatable bonds is 2. The molecule has 3 heterocycles. The number of amides is 1. The number of thiophene rings is 1. The van der Waals surface area contributed by atoms with Gasteiger partial charge in [0, 0.05) is 17.3 Å². The van der Waals surface area contributed by atoms with Gasteiger partial charge in [-0.2, -0.15) is 0 Å². The summed E-state index contributed by atoms with van der Waals surface area (Å²) in [7, 11) is 0. The van der Waals surface area contributed by atoms with Gasteiger partial charge in [0.25, 0.3) is 5.91 Å². The number of nitrogens with two attached hydrogens (primary N) is 1. The molecule has 0 spiro atoms. The van der Waals surface area contributed by atoms with E-state index in [1.165, 1.54) is 29.7 Å². The summed E-state index contributed by atoms with van der Waals surface area (Å²) in [5.41, 5.74) is 10.1. The highest BCUT2D eigenvalue weighted by Gasteiger charge is 2.21. The third-order valence-corrected chi connectivity index (χ3v) is 5.56. The molecule has 3 aromatic heterocycles. The predicted octanol–water partition coefficient (Wildman–Crippen LogP) is 3.71. The van der Waals surface area contributed by atoms with E-state index >= 15 is 0 Å². The molecular formula is C18H18N4OS. The first kappa shape index (κ1) is 15.1. The van der Waals surface area contributed by atoms with Gasteiger partial charge in [-0.25, -0.2) is 9.97 Å². The van der Waals surface area contributed by atoms with Gasteiger partial charge in [0.15, 0.2) is 0 Å². The number of anilines is 2. The molecular weight excluding hydrogens is 320 g/mol. The molecule has 0 bridgehead atoms. The van der Waals surface area contributed by atoms with Crippen LogP contribution in [0.4, 0.5) is 11.5 Å². The Bertz CT molecular complexity index is 948. The van der Waals surface area contributed by atoms with Crippen molar-refractivity contribution in [2.45, 2.75) is 32.6 Å². The van der Waals surface area contributed by atoms with Gasteiger partial charge in [-0.05, 0) is 55.9 Å². The normalized spacial score (nSPS) is 13.7. The van der Waals surface area contributed by atoms with Crippen LogP contribution in [-0.2, 0) is 12.8 Å². The number of nitrogens with zero attached hydrogens (tertiary/aromatic N) is 2. The third-order valence-electron chi connectivity index (χ3n) is 4.45. The lowest BCUT2D eigenvalue weighted by atomic mass is 9.95. The van der Waals surface area contributed by atoms with Crippen molar-refractivity contribution in [2.75, 3.05) is 11.1 Å². The number of carbonyl (C=O) groups excluding carboxylic acids is 1. The molecule has 122 valence electrons. The van der Waals surface area contributed by atoms with Crippen molar-refractivity contribution in [3.8, 4) is 0 Å². The van der Waals surface area contributed by atoms with E-state index < -0.39 is 0 Å². The van der Waals surface area contributed by atoms with Crippen molar-refractivity contribution in [2.24, 2.45) is 0 Å². The van der Waals surface area contributed by atoms with Gasteiger partial charge in [-0.3, -0.25) is 4.79 Å². The molecule has 4 rings (SSSR count). The molecule has 0 saturated heterocycles. The van der Waals surface area contributed by atoms with Crippen LogP contribution in [0.5, 0.6) is 0 Å². The number of hydrogen-bond donors (Lipinski definition) is 2. The molecule has 1 aliphatic carbocycles. The topological polar surface area (TPSA) is 80.9 Å². The van der Waals surface area contributed by atoms with E-state index in [1.807, 2.05) is 19.1 Å². The number of hydrogen-bond acceptors (Lipinski definition) is 5. The van der Waals surface area contributed by atoms with Crippen LogP contribution < -0.4 is 11.1 Å². The summed E-state index contributed by atoms with van der Waals surface area (Å²) in [6.07, 6.45) is 6.08. The first-order valence-electron chi connectivity index (χ1n) is 8.07. The fraction of sp³-hybridized carbons (Fsp3) is 0.278. The molecule has 3 N–H and O–H groups in total. The first-order valence-corrected chi connectivity index (χ1v) is 8.89. The summed E-state index contributed by atoms with van der Waals surface area (Å²) in [6.45, 7) is 1.91. The number of pyridine rings is 2. The van der Waals surface area contributed by atoms with Crippen LogP contribution in [0.3, 0.4) is 0 Å². The first-order chi connectivity index (χ1) is 11.6. The summed E-state index contributed by atoms with van der Waals surface area (Å²) >= 11 is 1.35. The molecule has 6 heteroatoms. The zero-order chi connectivity index (χ0) is 16.7. The van der Waals surface area contributed by atoms with Gasteiger partial charge in [0.05, 0.1) is 5.69 Å². The fourth-order valence-electron chi connectivity index (χ4n) is 3.11. The van der Waals surface area contributed by atoms with Gasteiger partial charge in [-0.1, -0.05) is 6.07 Å². The highest BCUT2D eigenvalue weighted by Crippen LogP contribution is 2.35. The molecule has 0 aliphatic heterocycles. The molecule has 0 radical (unpaired) electrons. The third kappa shape index (κ3) is 2.53. The minimum Gasteiger partial charge on any atom is -0.397 e. The number of carbonyl (C=O) groups is 1. The summed E-state index contributed by atoms with van der Waals surface area (Å²) < 4.78 is 0. The highest BCUT2D eigenvalue weighted by molar-refractivity contribution is 7.21. The van der Waals surface area contributed by atoms with E-state index in [2.05, 4.69) is 16.4 Å². The smallest absolute Gasteiger partial charge is 0.269 e. The minimum absolute atomic E-state index is 0.227. The number of nitrogens with one attached hydrogen (secondary N) is 1. The standard InChI is InChI=1S/C18H18N4OS/c1-10-5-4-8-20-16(10)22-17(23)15-14(19)12-9-11-6-2-3-7-13(11)21-18(12)24-15/h4-5,8-9H,2-3,6-7,19H2,1H3,(H,20,22,23). The molecule has 0 fully saturated rings. The van der Waals surface area contributed by atoms with Gasteiger partial charge < -0.3 is 11.1 Å². The van der Waals surface area contributed by atoms with Gasteiger partial charge in [0.2, 0.25) is 0 Å². The van der Waals surface area contributed by atoms with E-state index in [1.54, 1.807) is 6.20 Å². The Morgan fingerprint density at radius 1 is 1.33 bits per heavy atom. The molecule has 0 unspecified atom stereocenters. The van der Waals surface area contributed by atoms with E-state index in [9.17, 15) is 4.79 Å². The van der Waals surface area contributed by atoms with Crippen LogP contribution in [0.25, 0.3) is 10.2 Å². The number of nitrogen functional groups attached to an aromatic ring is 1. The summed E-state index contributed by atoms with van der Waals surface area (Å²) in [6, 6.07) is 5.87. The zero-order valence-corrected chi connectivity index (χ0v) is 14.2. The average Bonchev–Trinajstić information content (AvgIpc) is 2.91. The van der Waals surface area contributed by atoms with Crippen molar-refractivity contribution in [3.63, 3.8) is 0 Å². The van der Waals surface area contributed by atoms with E-state index in [-0.39, 0.29) is 5.91 Å². The Morgan fingerprint density at radius 2 is 2.17 bits per heavy atom. The maximum atomic E-state index is 12.6. The van der Waals surface area contributed by atoms with Crippen LogP contribution in [0.1, 0.15) is 39.3 Å². The second-order valence-corrected chi connectivity index (χ2v) is 7.12. The minimum atomic E-state index is -0.227. The molecule has 0 aromatic carbocycles. The Labute approximate surface area is 143 Å². The highest BCUT2D eigenvalue weighted by atomic mass is 32.1. The van der Waals surface area contributed by atoms with Crippen molar-refractivity contribution < 1.29 is 4.79 Å². The van der Waals surface area contributed by atoms with Crippen LogP contribution in [0.15, 0.2) is 24.4 Å². The van der Waals surface area contributed by atoms with Crippen LogP contribution in [0.2, 0.25) is 0 Å². The largest absolute Gasteiger partial charge is 0.397 e. The fourth-order valence-corrected chi connectivity index (χ4v) is 4.10. The van der Waals surface area contributed by atoms with E-state index in [0.717, 1.165) is 34.3 Å². The molecule has 1 aliphatic rings. The van der Waals surface area contributed by atoms with E-state index in [4.69, 9.17) is 10.7 Å². The van der Waals surface area contributed by atoms with Crippen molar-refractivity contribution in [1.29, 1.82) is 0 Å². The Kier molecular flexibility index (Phi) is 3.69. The van der Waals surface area contributed by atoms with Gasteiger partial charge >= 0.3 is 0 Å². The Morgan fingerprint density at radius 3 is 3.00 bits per heavy atom. The number of aromatic nitrogens is 2. The maximum absolute atomic E-state index is 12.6. The van der Waals surface area contributed by atoms with E-state index in [0.29, 0.717) is 16.4 Å². The van der Waals surface area contributed by atoms with Crippen molar-refractivity contribution in [1.82, 2.24) is 9.97 Å². The zero-order valence-electron chi connectivity index (χ0n) is 13.4. The molecule has 3 aromatic rings. The second kappa shape index (κ2) is 5.87. The molecule has 0 atom stereocenters. The number of fused-ring (bicyclic) bond motifs is 2. The predicted molar refractivity (Wildman–Crippen MR) is 97.6 cm³/mol. The van der Waals surface area contributed by atoms with Crippen LogP contribution in [-0.4, -0.2) is 15.9 Å². The molecule has 1 amide bonds. The quantitative estimate of drug-likeness (QED) is 0.746. The van der Waals surface area contributed by atoms with Gasteiger partial charge in [-0.15, -0.1) is 11.3 Å². The lowest BCUT2D eigenvalue weighted by molar-refractivity contribution is 0.103. The number of aryl methyl sites for hydroxylation is 3. The Balaban J connectivity index is 1.72. The maximum Gasteiger partial charge on any atom is 0.269 e. The second-order valence-electron chi connectivity index (χ2n) is 6.12. The summed E-state index contributed by atoms with van der Waals surface area (Å²) in [4.78, 5) is 22.9. The summed E-state index contributed by atoms with van der Waals surface area (Å²) in [5.74, 6) is 0.335.